The van der Waals surface area contributed by atoms with Gasteiger partial charge in [-0.2, -0.15) is 0 Å². The van der Waals surface area contributed by atoms with Gasteiger partial charge in [0.1, 0.15) is 5.82 Å². The molecule has 3 rings (SSSR count). The fraction of sp³-hybridized carbons (Fsp3) is 0.200. The number of benzene rings is 1. The molecule has 2 heterocycles. The first-order chi connectivity index (χ1) is 9.74. The van der Waals surface area contributed by atoms with Gasteiger partial charge < -0.3 is 10.3 Å². The zero-order chi connectivity index (χ0) is 13.9. The Bertz CT molecular complexity index is 736. The van der Waals surface area contributed by atoms with Gasteiger partial charge >= 0.3 is 0 Å². The fourth-order valence-electron chi connectivity index (χ4n) is 2.01. The molecule has 102 valence electrons. The SMILES string of the molecule is CNc1cccc(CSc2nc3ccc(C)cc3[nH]2)n1. The van der Waals surface area contributed by atoms with Crippen LogP contribution in [-0.2, 0) is 5.75 Å². The van der Waals surface area contributed by atoms with Crippen LogP contribution >= 0.6 is 11.8 Å². The van der Waals surface area contributed by atoms with Crippen LogP contribution in [0.2, 0.25) is 0 Å². The predicted octanol–water partition coefficient (Wildman–Crippen LogP) is 3.60. The third-order valence-corrected chi connectivity index (χ3v) is 3.94. The molecule has 0 bridgehead atoms. The molecule has 4 nitrogen and oxygen atoms in total. The minimum Gasteiger partial charge on any atom is -0.373 e. The van der Waals surface area contributed by atoms with Gasteiger partial charge in [0.25, 0.3) is 0 Å². The molecule has 2 N–H and O–H groups in total. The molecule has 1 aromatic carbocycles. The van der Waals surface area contributed by atoms with E-state index < -0.39 is 0 Å². The van der Waals surface area contributed by atoms with E-state index in [2.05, 4.69) is 39.3 Å². The number of hydrogen-bond acceptors (Lipinski definition) is 4. The normalized spacial score (nSPS) is 10.9. The Morgan fingerprint density at radius 3 is 2.95 bits per heavy atom. The predicted molar refractivity (Wildman–Crippen MR) is 84.2 cm³/mol. The lowest BCUT2D eigenvalue weighted by Gasteiger charge is -2.02. The van der Waals surface area contributed by atoms with Crippen molar-refractivity contribution in [2.75, 3.05) is 12.4 Å². The van der Waals surface area contributed by atoms with Crippen LogP contribution in [-0.4, -0.2) is 22.0 Å². The van der Waals surface area contributed by atoms with Crippen LogP contribution in [0.1, 0.15) is 11.3 Å². The van der Waals surface area contributed by atoms with E-state index >= 15 is 0 Å². The van der Waals surface area contributed by atoms with Crippen LogP contribution < -0.4 is 5.32 Å². The molecule has 0 aliphatic carbocycles. The summed E-state index contributed by atoms with van der Waals surface area (Å²) in [7, 11) is 1.88. The number of aryl methyl sites for hydroxylation is 1. The van der Waals surface area contributed by atoms with Crippen LogP contribution in [0.15, 0.2) is 41.6 Å². The minimum atomic E-state index is 0.800. The lowest BCUT2D eigenvalue weighted by Crippen LogP contribution is -1.94. The van der Waals surface area contributed by atoms with Gasteiger partial charge in [0.15, 0.2) is 5.16 Å². The van der Waals surface area contributed by atoms with Crippen LogP contribution in [0.5, 0.6) is 0 Å². The van der Waals surface area contributed by atoms with Gasteiger partial charge in [0, 0.05) is 12.8 Å². The number of imidazole rings is 1. The summed E-state index contributed by atoms with van der Waals surface area (Å²) in [6.45, 7) is 2.08. The number of hydrogen-bond donors (Lipinski definition) is 2. The number of H-pyrrole nitrogens is 1. The van der Waals surface area contributed by atoms with E-state index in [0.29, 0.717) is 0 Å². The molecule has 3 aromatic rings. The second kappa shape index (κ2) is 5.54. The Hall–Kier alpha value is -2.01. The minimum absolute atomic E-state index is 0.800. The molecule has 0 unspecified atom stereocenters. The van der Waals surface area contributed by atoms with E-state index in [0.717, 1.165) is 33.5 Å². The standard InChI is InChI=1S/C15H16N4S/c1-10-6-7-12-13(8-10)19-15(18-12)20-9-11-4-3-5-14(16-2)17-11/h3-8H,9H2,1-2H3,(H,16,17)(H,18,19). The van der Waals surface area contributed by atoms with Crippen molar-refractivity contribution in [2.24, 2.45) is 0 Å². The van der Waals surface area contributed by atoms with Gasteiger partial charge in [-0.3, -0.25) is 0 Å². The second-order valence-electron chi connectivity index (χ2n) is 4.62. The van der Waals surface area contributed by atoms with E-state index in [1.54, 1.807) is 11.8 Å². The first-order valence-corrected chi connectivity index (χ1v) is 7.46. The molecular weight excluding hydrogens is 268 g/mol. The molecule has 0 atom stereocenters. The monoisotopic (exact) mass is 284 g/mol. The van der Waals surface area contributed by atoms with Gasteiger partial charge in [-0.05, 0) is 36.8 Å². The molecule has 0 aliphatic rings. The highest BCUT2D eigenvalue weighted by Crippen LogP contribution is 2.23. The molecule has 0 saturated carbocycles. The maximum atomic E-state index is 4.58. The van der Waals surface area contributed by atoms with E-state index in [-0.39, 0.29) is 0 Å². The van der Waals surface area contributed by atoms with Crippen LogP contribution in [0.3, 0.4) is 0 Å². The fourth-order valence-corrected chi connectivity index (χ4v) is 2.80. The summed E-state index contributed by atoms with van der Waals surface area (Å²) < 4.78 is 0. The van der Waals surface area contributed by atoms with Crippen LogP contribution in [0.25, 0.3) is 11.0 Å². The number of fused-ring (bicyclic) bond motifs is 1. The first-order valence-electron chi connectivity index (χ1n) is 6.47. The maximum Gasteiger partial charge on any atom is 0.166 e. The van der Waals surface area contributed by atoms with Crippen LogP contribution in [0.4, 0.5) is 5.82 Å². The molecule has 0 radical (unpaired) electrons. The van der Waals surface area contributed by atoms with Crippen molar-refractivity contribution in [1.82, 2.24) is 15.0 Å². The molecule has 0 spiro atoms. The van der Waals surface area contributed by atoms with Crippen molar-refractivity contribution in [2.45, 2.75) is 17.8 Å². The third kappa shape index (κ3) is 2.77. The average Bonchev–Trinajstić information content (AvgIpc) is 2.87. The molecule has 20 heavy (non-hydrogen) atoms. The molecule has 0 amide bonds. The summed E-state index contributed by atoms with van der Waals surface area (Å²) >= 11 is 1.67. The van der Waals surface area contributed by atoms with Crippen molar-refractivity contribution in [3.8, 4) is 0 Å². The molecule has 2 aromatic heterocycles. The summed E-state index contributed by atoms with van der Waals surface area (Å²) in [5.74, 6) is 1.69. The van der Waals surface area contributed by atoms with Gasteiger partial charge in [-0.1, -0.05) is 23.9 Å². The largest absolute Gasteiger partial charge is 0.373 e. The molecule has 5 heteroatoms. The lowest BCUT2D eigenvalue weighted by molar-refractivity contribution is 1.07. The van der Waals surface area contributed by atoms with E-state index in [1.165, 1.54) is 5.56 Å². The zero-order valence-electron chi connectivity index (χ0n) is 11.5. The van der Waals surface area contributed by atoms with E-state index in [9.17, 15) is 0 Å². The number of aromatic amines is 1. The zero-order valence-corrected chi connectivity index (χ0v) is 12.3. The van der Waals surface area contributed by atoms with Crippen molar-refractivity contribution >= 4 is 28.6 Å². The first kappa shape index (κ1) is 13.0. The van der Waals surface area contributed by atoms with Gasteiger partial charge in [-0.25, -0.2) is 9.97 Å². The summed E-state index contributed by atoms with van der Waals surface area (Å²) in [6, 6.07) is 12.2. The molecule has 0 fully saturated rings. The highest BCUT2D eigenvalue weighted by molar-refractivity contribution is 7.98. The average molecular weight is 284 g/mol. The smallest absolute Gasteiger partial charge is 0.166 e. The highest BCUT2D eigenvalue weighted by atomic mass is 32.2. The number of pyridine rings is 1. The summed E-state index contributed by atoms with van der Waals surface area (Å²) in [5.41, 5.74) is 4.37. The Kier molecular flexibility index (Phi) is 3.60. The second-order valence-corrected chi connectivity index (χ2v) is 5.58. The topological polar surface area (TPSA) is 53.6 Å². The molecule has 0 aliphatic heterocycles. The Morgan fingerprint density at radius 1 is 1.20 bits per heavy atom. The van der Waals surface area contributed by atoms with Crippen LogP contribution in [0, 0.1) is 6.92 Å². The highest BCUT2D eigenvalue weighted by Gasteiger charge is 2.05. The Labute approximate surface area is 122 Å². The molecule has 0 saturated heterocycles. The van der Waals surface area contributed by atoms with Gasteiger partial charge in [0.05, 0.1) is 16.7 Å². The number of nitrogens with zero attached hydrogens (tertiary/aromatic N) is 2. The van der Waals surface area contributed by atoms with Crippen molar-refractivity contribution in [3.05, 3.63) is 47.7 Å². The van der Waals surface area contributed by atoms with Crippen molar-refractivity contribution in [3.63, 3.8) is 0 Å². The number of aromatic nitrogens is 3. The van der Waals surface area contributed by atoms with E-state index in [4.69, 9.17) is 0 Å². The lowest BCUT2D eigenvalue weighted by atomic mass is 10.2. The number of anilines is 1. The van der Waals surface area contributed by atoms with Crippen molar-refractivity contribution in [1.29, 1.82) is 0 Å². The van der Waals surface area contributed by atoms with Gasteiger partial charge in [-0.15, -0.1) is 0 Å². The summed E-state index contributed by atoms with van der Waals surface area (Å²) in [6.07, 6.45) is 0. The van der Waals surface area contributed by atoms with E-state index in [1.807, 2.05) is 31.3 Å². The summed E-state index contributed by atoms with van der Waals surface area (Å²) in [4.78, 5) is 12.4. The number of rotatable bonds is 4. The quantitative estimate of drug-likeness (QED) is 0.719. The third-order valence-electron chi connectivity index (χ3n) is 3.04. The Morgan fingerprint density at radius 2 is 2.10 bits per heavy atom. The molecular formula is C15H16N4S. The number of thioether (sulfide) groups is 1. The van der Waals surface area contributed by atoms with Gasteiger partial charge in [0.2, 0.25) is 0 Å². The Balaban J connectivity index is 1.76. The number of nitrogens with one attached hydrogen (secondary N) is 2. The van der Waals surface area contributed by atoms with Crippen molar-refractivity contribution < 1.29 is 0 Å². The maximum absolute atomic E-state index is 4.58. The summed E-state index contributed by atoms with van der Waals surface area (Å²) in [5, 5.41) is 3.98.